The predicted octanol–water partition coefficient (Wildman–Crippen LogP) is 1.19. The van der Waals surface area contributed by atoms with Crippen LogP contribution in [0.2, 0.25) is 0 Å². The molecule has 0 aromatic heterocycles. The fourth-order valence-corrected chi connectivity index (χ4v) is 4.48. The number of sulfonamides is 1. The maximum atomic E-state index is 11.9. The van der Waals surface area contributed by atoms with E-state index in [9.17, 15) is 8.42 Å². The molecule has 0 amide bonds. The van der Waals surface area contributed by atoms with Gasteiger partial charge in [0.25, 0.3) is 0 Å². The topological polar surface area (TPSA) is 58.2 Å². The molecule has 0 spiro atoms. The molecular formula is C11H24N2O2S2. The fourth-order valence-electron chi connectivity index (χ4n) is 2.19. The molecule has 1 aliphatic rings. The Labute approximate surface area is 109 Å². The van der Waals surface area contributed by atoms with Crippen molar-refractivity contribution < 1.29 is 8.42 Å². The molecule has 0 saturated heterocycles. The summed E-state index contributed by atoms with van der Waals surface area (Å²) in [5, 5.41) is 3.48. The van der Waals surface area contributed by atoms with E-state index in [1.54, 1.807) is 11.8 Å². The van der Waals surface area contributed by atoms with Gasteiger partial charge in [-0.15, -0.1) is 0 Å². The van der Waals surface area contributed by atoms with Crippen molar-refractivity contribution in [3.63, 3.8) is 0 Å². The highest BCUT2D eigenvalue weighted by molar-refractivity contribution is 7.99. The van der Waals surface area contributed by atoms with Crippen molar-refractivity contribution in [2.45, 2.75) is 43.9 Å². The van der Waals surface area contributed by atoms with Crippen LogP contribution in [0.15, 0.2) is 0 Å². The van der Waals surface area contributed by atoms with Gasteiger partial charge in [-0.2, -0.15) is 11.8 Å². The molecule has 1 aliphatic carbocycles. The molecular weight excluding hydrogens is 256 g/mol. The van der Waals surface area contributed by atoms with Crippen molar-refractivity contribution in [3.05, 3.63) is 0 Å². The molecule has 2 N–H and O–H groups in total. The first-order valence-corrected chi connectivity index (χ1v) is 9.26. The maximum absolute atomic E-state index is 11.9. The Hall–Kier alpha value is 0.220. The van der Waals surface area contributed by atoms with Crippen LogP contribution in [0.25, 0.3) is 0 Å². The lowest BCUT2D eigenvalue weighted by molar-refractivity contribution is 0.423. The van der Waals surface area contributed by atoms with Gasteiger partial charge in [-0.3, -0.25) is 0 Å². The SMILES string of the molecule is CCNCCS(=O)(=O)NC1CCCCC1SC. The van der Waals surface area contributed by atoms with E-state index in [-0.39, 0.29) is 11.8 Å². The largest absolute Gasteiger partial charge is 0.316 e. The molecule has 0 aliphatic heterocycles. The first-order valence-electron chi connectivity index (χ1n) is 6.32. The van der Waals surface area contributed by atoms with Crippen LogP contribution in [0, 0.1) is 0 Å². The van der Waals surface area contributed by atoms with E-state index in [1.165, 1.54) is 6.42 Å². The Kier molecular flexibility index (Phi) is 6.84. The van der Waals surface area contributed by atoms with Gasteiger partial charge in [0.05, 0.1) is 5.75 Å². The zero-order valence-electron chi connectivity index (χ0n) is 10.7. The van der Waals surface area contributed by atoms with Gasteiger partial charge in [0, 0.05) is 17.8 Å². The van der Waals surface area contributed by atoms with Crippen molar-refractivity contribution in [1.29, 1.82) is 0 Å². The summed E-state index contributed by atoms with van der Waals surface area (Å²) in [6.07, 6.45) is 6.53. The van der Waals surface area contributed by atoms with Gasteiger partial charge in [0.1, 0.15) is 0 Å². The lowest BCUT2D eigenvalue weighted by atomic mass is 9.96. The van der Waals surface area contributed by atoms with E-state index in [2.05, 4.69) is 16.3 Å². The lowest BCUT2D eigenvalue weighted by Gasteiger charge is -2.30. The van der Waals surface area contributed by atoms with E-state index < -0.39 is 10.0 Å². The van der Waals surface area contributed by atoms with E-state index >= 15 is 0 Å². The molecule has 0 bridgehead atoms. The average molecular weight is 280 g/mol. The summed E-state index contributed by atoms with van der Waals surface area (Å²) in [6, 6.07) is 0.130. The molecule has 0 radical (unpaired) electrons. The molecule has 1 rings (SSSR count). The number of rotatable bonds is 7. The van der Waals surface area contributed by atoms with Crippen LogP contribution in [0.1, 0.15) is 32.6 Å². The first-order chi connectivity index (χ1) is 8.09. The molecule has 2 atom stereocenters. The minimum atomic E-state index is -3.12. The van der Waals surface area contributed by atoms with Crippen LogP contribution in [-0.4, -0.2) is 44.8 Å². The summed E-state index contributed by atoms with van der Waals surface area (Å²) in [4.78, 5) is 0. The highest BCUT2D eigenvalue weighted by Gasteiger charge is 2.27. The van der Waals surface area contributed by atoms with Crippen LogP contribution in [0.5, 0.6) is 0 Å². The standard InChI is InChI=1S/C11H24N2O2S2/c1-3-12-8-9-17(14,15)13-10-6-4-5-7-11(10)16-2/h10-13H,3-9H2,1-2H3. The third-order valence-corrected chi connectivity index (χ3v) is 5.71. The molecule has 6 heteroatoms. The maximum Gasteiger partial charge on any atom is 0.213 e. The molecule has 0 aromatic rings. The summed E-state index contributed by atoms with van der Waals surface area (Å²) in [7, 11) is -3.12. The Morgan fingerprint density at radius 1 is 1.29 bits per heavy atom. The van der Waals surface area contributed by atoms with E-state index in [0.29, 0.717) is 11.8 Å². The smallest absolute Gasteiger partial charge is 0.213 e. The minimum Gasteiger partial charge on any atom is -0.316 e. The molecule has 17 heavy (non-hydrogen) atoms. The summed E-state index contributed by atoms with van der Waals surface area (Å²) in [5.41, 5.74) is 0. The highest BCUT2D eigenvalue weighted by Crippen LogP contribution is 2.27. The normalized spacial score (nSPS) is 26.0. The monoisotopic (exact) mass is 280 g/mol. The number of hydrogen-bond acceptors (Lipinski definition) is 4. The number of nitrogens with one attached hydrogen (secondary N) is 2. The van der Waals surface area contributed by atoms with E-state index in [4.69, 9.17) is 0 Å². The molecule has 1 saturated carbocycles. The molecule has 1 fully saturated rings. The highest BCUT2D eigenvalue weighted by atomic mass is 32.2. The minimum absolute atomic E-state index is 0.130. The summed E-state index contributed by atoms with van der Waals surface area (Å²) in [6.45, 7) is 3.32. The van der Waals surface area contributed by atoms with Crippen molar-refractivity contribution in [1.82, 2.24) is 10.0 Å². The Bertz CT molecular complexity index is 307. The van der Waals surface area contributed by atoms with Gasteiger partial charge < -0.3 is 5.32 Å². The predicted molar refractivity (Wildman–Crippen MR) is 75.0 cm³/mol. The van der Waals surface area contributed by atoms with Crippen molar-refractivity contribution in [2.75, 3.05) is 25.1 Å². The second-order valence-corrected chi connectivity index (χ2v) is 7.41. The molecule has 4 nitrogen and oxygen atoms in total. The lowest BCUT2D eigenvalue weighted by Crippen LogP contribution is -2.45. The van der Waals surface area contributed by atoms with Gasteiger partial charge in [0.15, 0.2) is 0 Å². The van der Waals surface area contributed by atoms with Gasteiger partial charge in [0.2, 0.25) is 10.0 Å². The zero-order valence-corrected chi connectivity index (χ0v) is 12.4. The van der Waals surface area contributed by atoms with Crippen LogP contribution in [0.4, 0.5) is 0 Å². The van der Waals surface area contributed by atoms with E-state index in [0.717, 1.165) is 25.8 Å². The molecule has 0 heterocycles. The molecule has 0 aromatic carbocycles. The quantitative estimate of drug-likeness (QED) is 0.688. The van der Waals surface area contributed by atoms with Gasteiger partial charge >= 0.3 is 0 Å². The summed E-state index contributed by atoms with van der Waals surface area (Å²) < 4.78 is 26.6. The average Bonchev–Trinajstić information content (AvgIpc) is 2.29. The Morgan fingerprint density at radius 3 is 2.65 bits per heavy atom. The van der Waals surface area contributed by atoms with E-state index in [1.807, 2.05) is 6.92 Å². The van der Waals surface area contributed by atoms with Crippen LogP contribution >= 0.6 is 11.8 Å². The van der Waals surface area contributed by atoms with Crippen molar-refractivity contribution >= 4 is 21.8 Å². The zero-order chi connectivity index (χ0) is 12.7. The van der Waals surface area contributed by atoms with Crippen LogP contribution < -0.4 is 10.0 Å². The summed E-state index contributed by atoms with van der Waals surface area (Å²) in [5.74, 6) is 0.179. The molecule has 2 unspecified atom stereocenters. The third-order valence-electron chi connectivity index (χ3n) is 3.13. The third kappa shape index (κ3) is 5.59. The number of thioether (sulfide) groups is 1. The fraction of sp³-hybridized carbons (Fsp3) is 1.00. The second-order valence-electron chi connectivity index (χ2n) is 4.46. The van der Waals surface area contributed by atoms with Crippen LogP contribution in [-0.2, 0) is 10.0 Å². The molecule has 102 valence electrons. The van der Waals surface area contributed by atoms with Gasteiger partial charge in [-0.25, -0.2) is 13.1 Å². The Morgan fingerprint density at radius 2 is 2.00 bits per heavy atom. The first kappa shape index (κ1) is 15.3. The van der Waals surface area contributed by atoms with Crippen LogP contribution in [0.3, 0.4) is 0 Å². The number of hydrogen-bond donors (Lipinski definition) is 2. The van der Waals surface area contributed by atoms with Crippen molar-refractivity contribution in [3.8, 4) is 0 Å². The van der Waals surface area contributed by atoms with Crippen molar-refractivity contribution in [2.24, 2.45) is 0 Å². The van der Waals surface area contributed by atoms with Gasteiger partial charge in [-0.05, 0) is 25.6 Å². The Balaban J connectivity index is 2.44. The summed E-state index contributed by atoms with van der Waals surface area (Å²) >= 11 is 1.78. The van der Waals surface area contributed by atoms with Gasteiger partial charge in [-0.1, -0.05) is 19.8 Å². The second kappa shape index (κ2) is 7.61.